The molecule has 0 saturated heterocycles. The Hall–Kier alpha value is -0.870. The normalized spacial score (nSPS) is 20.0. The van der Waals surface area contributed by atoms with Crippen molar-refractivity contribution in [2.75, 3.05) is 19.7 Å². The van der Waals surface area contributed by atoms with Crippen LogP contribution in [0.15, 0.2) is 11.4 Å². The molecule has 1 unspecified atom stereocenters. The highest BCUT2D eigenvalue weighted by molar-refractivity contribution is 7.10. The van der Waals surface area contributed by atoms with Crippen LogP contribution in [0.25, 0.3) is 0 Å². The zero-order valence-electron chi connectivity index (χ0n) is 10.4. The number of esters is 1. The van der Waals surface area contributed by atoms with Crippen molar-refractivity contribution in [3.05, 3.63) is 21.9 Å². The van der Waals surface area contributed by atoms with Gasteiger partial charge in [0.1, 0.15) is 0 Å². The van der Waals surface area contributed by atoms with Crippen LogP contribution in [0, 0.1) is 0 Å². The molecule has 1 aliphatic heterocycles. The molecule has 17 heavy (non-hydrogen) atoms. The fraction of sp³-hybridized carbons (Fsp3) is 0.615. The summed E-state index contributed by atoms with van der Waals surface area (Å²) in [6.07, 6.45) is 1.61. The zero-order valence-corrected chi connectivity index (χ0v) is 11.3. The average Bonchev–Trinajstić information content (AvgIpc) is 2.77. The second-order valence-electron chi connectivity index (χ2n) is 4.32. The molecule has 0 saturated carbocycles. The Labute approximate surface area is 106 Å². The molecule has 1 aromatic rings. The molecule has 1 atom stereocenters. The Morgan fingerprint density at radius 1 is 1.65 bits per heavy atom. The summed E-state index contributed by atoms with van der Waals surface area (Å²) >= 11 is 1.85. The van der Waals surface area contributed by atoms with E-state index in [1.807, 2.05) is 18.3 Å². The van der Waals surface area contributed by atoms with Crippen LogP contribution in [0.3, 0.4) is 0 Å². The van der Waals surface area contributed by atoms with Gasteiger partial charge < -0.3 is 4.74 Å². The third kappa shape index (κ3) is 2.87. The number of carbonyl (C=O) groups excluding carboxylic acids is 1. The summed E-state index contributed by atoms with van der Waals surface area (Å²) in [4.78, 5) is 15.2. The molecule has 0 aromatic carbocycles. The molecule has 94 valence electrons. The van der Waals surface area contributed by atoms with Crippen LogP contribution in [0.1, 0.15) is 36.8 Å². The molecule has 1 aliphatic rings. The number of ether oxygens (including phenoxy) is 1. The average molecular weight is 253 g/mol. The van der Waals surface area contributed by atoms with Crippen LogP contribution >= 0.6 is 11.3 Å². The van der Waals surface area contributed by atoms with Gasteiger partial charge in [-0.1, -0.05) is 0 Å². The maximum absolute atomic E-state index is 11.3. The summed E-state index contributed by atoms with van der Waals surface area (Å²) in [6.45, 7) is 6.39. The van der Waals surface area contributed by atoms with Gasteiger partial charge in [0.15, 0.2) is 0 Å². The Balaban J connectivity index is 1.89. The second kappa shape index (κ2) is 5.65. The first-order chi connectivity index (χ1) is 8.22. The minimum atomic E-state index is -0.0872. The van der Waals surface area contributed by atoms with E-state index in [-0.39, 0.29) is 5.97 Å². The number of thiophene rings is 1. The highest BCUT2D eigenvalue weighted by Crippen LogP contribution is 2.32. The summed E-state index contributed by atoms with van der Waals surface area (Å²) in [5.41, 5.74) is 1.44. The van der Waals surface area contributed by atoms with Crippen LogP contribution < -0.4 is 0 Å². The number of rotatable bonds is 4. The van der Waals surface area contributed by atoms with E-state index >= 15 is 0 Å². The van der Waals surface area contributed by atoms with Crippen LogP contribution in [0.5, 0.6) is 0 Å². The maximum atomic E-state index is 11.3. The third-order valence-corrected chi connectivity index (χ3v) is 4.31. The number of carbonyl (C=O) groups is 1. The topological polar surface area (TPSA) is 29.5 Å². The zero-order chi connectivity index (χ0) is 12.3. The Bertz CT molecular complexity index is 389. The van der Waals surface area contributed by atoms with Crippen molar-refractivity contribution in [3.63, 3.8) is 0 Å². The molecule has 0 fully saturated rings. The Kier molecular flexibility index (Phi) is 4.18. The minimum absolute atomic E-state index is 0.0872. The van der Waals surface area contributed by atoms with Gasteiger partial charge in [-0.25, -0.2) is 0 Å². The number of fused-ring (bicyclic) bond motifs is 1. The molecule has 3 nitrogen and oxygen atoms in total. The lowest BCUT2D eigenvalue weighted by Gasteiger charge is -2.33. The van der Waals surface area contributed by atoms with Crippen LogP contribution in [-0.2, 0) is 16.0 Å². The third-order valence-electron chi connectivity index (χ3n) is 3.31. The van der Waals surface area contributed by atoms with Gasteiger partial charge in [-0.2, -0.15) is 0 Å². The molecule has 2 heterocycles. The minimum Gasteiger partial charge on any atom is -0.466 e. The quantitative estimate of drug-likeness (QED) is 0.773. The standard InChI is InChI=1S/C13H19NO2S/c1-3-16-13(15)5-8-14-7-4-12-11(10(14)2)6-9-17-12/h6,9-10H,3-5,7-8H2,1-2H3. The van der Waals surface area contributed by atoms with E-state index in [0.29, 0.717) is 19.1 Å². The largest absolute Gasteiger partial charge is 0.466 e. The summed E-state index contributed by atoms with van der Waals surface area (Å²) in [5.74, 6) is -0.0872. The van der Waals surface area contributed by atoms with E-state index in [2.05, 4.69) is 23.3 Å². The fourth-order valence-electron chi connectivity index (χ4n) is 2.33. The summed E-state index contributed by atoms with van der Waals surface area (Å²) in [7, 11) is 0. The molecule has 0 N–H and O–H groups in total. The van der Waals surface area contributed by atoms with E-state index < -0.39 is 0 Å². The van der Waals surface area contributed by atoms with Gasteiger partial charge in [0.2, 0.25) is 0 Å². The van der Waals surface area contributed by atoms with Crippen molar-refractivity contribution in [3.8, 4) is 0 Å². The van der Waals surface area contributed by atoms with Crippen LogP contribution in [0.2, 0.25) is 0 Å². The van der Waals surface area contributed by atoms with E-state index in [4.69, 9.17) is 4.74 Å². The second-order valence-corrected chi connectivity index (χ2v) is 5.32. The first-order valence-corrected chi connectivity index (χ1v) is 7.06. The maximum Gasteiger partial charge on any atom is 0.307 e. The van der Waals surface area contributed by atoms with Gasteiger partial charge >= 0.3 is 5.97 Å². The molecule has 1 aromatic heterocycles. The summed E-state index contributed by atoms with van der Waals surface area (Å²) in [6, 6.07) is 2.64. The first-order valence-electron chi connectivity index (χ1n) is 6.18. The first kappa shape index (κ1) is 12.6. The molecule has 0 spiro atoms. The van der Waals surface area contributed by atoms with Gasteiger partial charge in [0, 0.05) is 24.0 Å². The van der Waals surface area contributed by atoms with Gasteiger partial charge in [0.05, 0.1) is 13.0 Å². The van der Waals surface area contributed by atoms with E-state index in [0.717, 1.165) is 19.5 Å². The van der Waals surface area contributed by atoms with E-state index in [1.165, 1.54) is 10.4 Å². The van der Waals surface area contributed by atoms with E-state index in [9.17, 15) is 4.79 Å². The van der Waals surface area contributed by atoms with Crippen molar-refractivity contribution in [1.29, 1.82) is 0 Å². The molecular formula is C13H19NO2S. The van der Waals surface area contributed by atoms with E-state index in [1.54, 1.807) is 0 Å². The lowest BCUT2D eigenvalue weighted by atomic mass is 10.0. The number of hydrogen-bond acceptors (Lipinski definition) is 4. The van der Waals surface area contributed by atoms with Crippen molar-refractivity contribution in [2.24, 2.45) is 0 Å². The molecule has 0 amide bonds. The molecular weight excluding hydrogens is 234 g/mol. The molecule has 2 rings (SSSR count). The number of hydrogen-bond donors (Lipinski definition) is 0. The van der Waals surface area contributed by atoms with Crippen molar-refractivity contribution < 1.29 is 9.53 Å². The molecule has 0 aliphatic carbocycles. The fourth-order valence-corrected chi connectivity index (χ4v) is 3.30. The lowest BCUT2D eigenvalue weighted by Crippen LogP contribution is -2.34. The van der Waals surface area contributed by atoms with Crippen molar-refractivity contribution in [1.82, 2.24) is 4.90 Å². The smallest absolute Gasteiger partial charge is 0.307 e. The van der Waals surface area contributed by atoms with Crippen molar-refractivity contribution >= 4 is 17.3 Å². The molecule has 0 bridgehead atoms. The molecule has 4 heteroatoms. The highest BCUT2D eigenvalue weighted by atomic mass is 32.1. The monoisotopic (exact) mass is 253 g/mol. The predicted molar refractivity (Wildman–Crippen MR) is 69.3 cm³/mol. The highest BCUT2D eigenvalue weighted by Gasteiger charge is 2.24. The lowest BCUT2D eigenvalue weighted by molar-refractivity contribution is -0.143. The van der Waals surface area contributed by atoms with Crippen LogP contribution in [-0.4, -0.2) is 30.6 Å². The van der Waals surface area contributed by atoms with Crippen LogP contribution in [0.4, 0.5) is 0 Å². The van der Waals surface area contributed by atoms with Crippen molar-refractivity contribution in [2.45, 2.75) is 32.7 Å². The summed E-state index contributed by atoms with van der Waals surface area (Å²) < 4.78 is 4.96. The Morgan fingerprint density at radius 2 is 2.47 bits per heavy atom. The van der Waals surface area contributed by atoms with Gasteiger partial charge in [-0.15, -0.1) is 11.3 Å². The van der Waals surface area contributed by atoms with Gasteiger partial charge in [-0.3, -0.25) is 9.69 Å². The van der Waals surface area contributed by atoms with Gasteiger partial charge in [0.25, 0.3) is 0 Å². The Morgan fingerprint density at radius 3 is 3.24 bits per heavy atom. The molecule has 0 radical (unpaired) electrons. The number of nitrogens with zero attached hydrogens (tertiary/aromatic N) is 1. The SMILES string of the molecule is CCOC(=O)CCN1CCc2sccc2C1C. The summed E-state index contributed by atoms with van der Waals surface area (Å²) in [5, 5.41) is 2.16. The predicted octanol–water partition coefficient (Wildman–Crippen LogP) is 2.62. The van der Waals surface area contributed by atoms with Gasteiger partial charge in [-0.05, 0) is 37.3 Å².